The van der Waals surface area contributed by atoms with E-state index in [1.54, 1.807) is 22.7 Å². The molecule has 0 atom stereocenters. The van der Waals surface area contributed by atoms with Crippen molar-refractivity contribution in [1.82, 2.24) is 9.97 Å². The third-order valence-corrected chi connectivity index (χ3v) is 5.09. The van der Waals surface area contributed by atoms with Gasteiger partial charge in [-0.3, -0.25) is 0 Å². The summed E-state index contributed by atoms with van der Waals surface area (Å²) in [6, 6.07) is 0. The molecule has 0 bridgehead atoms. The fourth-order valence-electron chi connectivity index (χ4n) is 1.88. The first kappa shape index (κ1) is 15.4. The minimum Gasteiger partial charge on any atom is -0.362 e. The summed E-state index contributed by atoms with van der Waals surface area (Å²) in [5, 5.41) is 7.59. The maximum Gasteiger partial charge on any atom is 0.183 e. The summed E-state index contributed by atoms with van der Waals surface area (Å²) in [6.07, 6.45) is 0. The molecule has 1 N–H and O–H groups in total. The zero-order valence-corrected chi connectivity index (χ0v) is 14.7. The number of nitrogens with one attached hydrogen (secondary N) is 1. The lowest BCUT2D eigenvalue weighted by atomic mass is 9.91. The molecule has 110 valence electrons. The van der Waals surface area contributed by atoms with Gasteiger partial charge in [-0.25, -0.2) is 9.97 Å². The van der Waals surface area contributed by atoms with Crippen molar-refractivity contribution in [1.29, 1.82) is 0 Å². The standard InChI is InChI=1S/C15H23N3S2/c1-7-16-14-17-10(8-19-14)11-12(15(4,5)6)18-13(20-11)9(2)3/h8-9H,7H2,1-6H3,(H,16,17). The van der Waals surface area contributed by atoms with Crippen molar-refractivity contribution in [3.63, 3.8) is 0 Å². The van der Waals surface area contributed by atoms with E-state index in [0.717, 1.165) is 17.4 Å². The van der Waals surface area contributed by atoms with E-state index in [9.17, 15) is 0 Å². The highest BCUT2D eigenvalue weighted by atomic mass is 32.1. The van der Waals surface area contributed by atoms with Crippen LogP contribution in [0.1, 0.15) is 58.2 Å². The second-order valence-electron chi connectivity index (χ2n) is 6.20. The Bertz CT molecular complexity index is 576. The van der Waals surface area contributed by atoms with Gasteiger partial charge < -0.3 is 5.32 Å². The molecule has 0 fully saturated rings. The van der Waals surface area contributed by atoms with Crippen LogP contribution in [0.15, 0.2) is 5.38 Å². The van der Waals surface area contributed by atoms with Gasteiger partial charge in [0.1, 0.15) is 0 Å². The molecular formula is C15H23N3S2. The fourth-order valence-corrected chi connectivity index (χ4v) is 3.96. The number of thiazole rings is 2. The highest BCUT2D eigenvalue weighted by Gasteiger charge is 2.26. The highest BCUT2D eigenvalue weighted by molar-refractivity contribution is 7.17. The SMILES string of the molecule is CCNc1nc(-c2sc(C(C)C)nc2C(C)(C)C)cs1. The minimum atomic E-state index is 0.0426. The number of hydrogen-bond donors (Lipinski definition) is 1. The van der Waals surface area contributed by atoms with E-state index in [0.29, 0.717) is 5.92 Å². The van der Waals surface area contributed by atoms with Gasteiger partial charge in [0, 0.05) is 23.3 Å². The van der Waals surface area contributed by atoms with Crippen LogP contribution in [0, 0.1) is 0 Å². The first-order valence-corrected chi connectivity index (χ1v) is 8.73. The average Bonchev–Trinajstić information content (AvgIpc) is 2.93. The quantitative estimate of drug-likeness (QED) is 0.852. The fraction of sp³-hybridized carbons (Fsp3) is 0.600. The van der Waals surface area contributed by atoms with Gasteiger partial charge in [-0.2, -0.15) is 0 Å². The van der Waals surface area contributed by atoms with Gasteiger partial charge in [-0.1, -0.05) is 34.6 Å². The van der Waals surface area contributed by atoms with Crippen LogP contribution < -0.4 is 5.32 Å². The molecule has 5 heteroatoms. The van der Waals surface area contributed by atoms with E-state index in [-0.39, 0.29) is 5.41 Å². The molecule has 0 aliphatic carbocycles. The lowest BCUT2D eigenvalue weighted by Crippen LogP contribution is -2.13. The van der Waals surface area contributed by atoms with Crippen LogP contribution in [0.2, 0.25) is 0 Å². The Labute approximate surface area is 129 Å². The summed E-state index contributed by atoms with van der Waals surface area (Å²) in [5.41, 5.74) is 2.26. The third-order valence-electron chi connectivity index (χ3n) is 2.91. The van der Waals surface area contributed by atoms with Crippen molar-refractivity contribution in [2.75, 3.05) is 11.9 Å². The molecule has 0 unspecified atom stereocenters. The molecule has 0 saturated carbocycles. The summed E-state index contributed by atoms with van der Waals surface area (Å²) in [5.74, 6) is 0.460. The van der Waals surface area contributed by atoms with Gasteiger partial charge >= 0.3 is 0 Å². The molecular weight excluding hydrogens is 286 g/mol. The Kier molecular flexibility index (Phi) is 4.49. The van der Waals surface area contributed by atoms with Crippen LogP contribution in [0.5, 0.6) is 0 Å². The van der Waals surface area contributed by atoms with Gasteiger partial charge in [-0.15, -0.1) is 22.7 Å². The number of nitrogens with zero attached hydrogens (tertiary/aromatic N) is 2. The van der Waals surface area contributed by atoms with E-state index in [1.807, 2.05) is 0 Å². The predicted octanol–water partition coefficient (Wildman–Crippen LogP) is 5.12. The summed E-state index contributed by atoms with van der Waals surface area (Å²) < 4.78 is 0. The zero-order chi connectivity index (χ0) is 14.9. The second-order valence-corrected chi connectivity index (χ2v) is 8.09. The van der Waals surface area contributed by atoms with Crippen LogP contribution in [-0.4, -0.2) is 16.5 Å². The van der Waals surface area contributed by atoms with Gasteiger partial charge in [0.15, 0.2) is 5.13 Å². The Morgan fingerprint density at radius 2 is 1.95 bits per heavy atom. The molecule has 3 nitrogen and oxygen atoms in total. The molecule has 2 rings (SSSR count). The van der Waals surface area contributed by atoms with Crippen molar-refractivity contribution in [3.8, 4) is 10.6 Å². The van der Waals surface area contributed by atoms with Gasteiger partial charge in [-0.05, 0) is 6.92 Å². The largest absolute Gasteiger partial charge is 0.362 e. The molecule has 0 aromatic carbocycles. The van der Waals surface area contributed by atoms with Crippen molar-refractivity contribution in [2.24, 2.45) is 0 Å². The smallest absolute Gasteiger partial charge is 0.183 e. The summed E-state index contributed by atoms with van der Waals surface area (Å²) in [7, 11) is 0. The van der Waals surface area contributed by atoms with Gasteiger partial charge in [0.25, 0.3) is 0 Å². The molecule has 0 spiro atoms. The molecule has 0 radical (unpaired) electrons. The molecule has 0 aliphatic heterocycles. The number of aromatic nitrogens is 2. The zero-order valence-electron chi connectivity index (χ0n) is 13.1. The number of anilines is 1. The van der Waals surface area contributed by atoms with Crippen molar-refractivity contribution in [3.05, 3.63) is 16.1 Å². The van der Waals surface area contributed by atoms with E-state index in [2.05, 4.69) is 52.2 Å². The average molecular weight is 310 g/mol. The molecule has 20 heavy (non-hydrogen) atoms. The Hall–Kier alpha value is -0.940. The van der Waals surface area contributed by atoms with Gasteiger partial charge in [0.2, 0.25) is 0 Å². The lowest BCUT2D eigenvalue weighted by Gasteiger charge is -2.17. The van der Waals surface area contributed by atoms with E-state index >= 15 is 0 Å². The monoisotopic (exact) mass is 309 g/mol. The van der Waals surface area contributed by atoms with Crippen LogP contribution >= 0.6 is 22.7 Å². The Balaban J connectivity index is 2.47. The third kappa shape index (κ3) is 3.20. The molecule has 2 aromatic heterocycles. The lowest BCUT2D eigenvalue weighted by molar-refractivity contribution is 0.571. The molecule has 2 heterocycles. The van der Waals surface area contributed by atoms with Crippen molar-refractivity contribution < 1.29 is 0 Å². The molecule has 2 aromatic rings. The van der Waals surface area contributed by atoms with Crippen LogP contribution in [0.25, 0.3) is 10.6 Å². The summed E-state index contributed by atoms with van der Waals surface area (Å²) in [4.78, 5) is 10.8. The Morgan fingerprint density at radius 3 is 2.50 bits per heavy atom. The topological polar surface area (TPSA) is 37.8 Å². The summed E-state index contributed by atoms with van der Waals surface area (Å²) in [6.45, 7) is 14.0. The van der Waals surface area contributed by atoms with Crippen molar-refractivity contribution >= 4 is 27.8 Å². The first-order valence-electron chi connectivity index (χ1n) is 7.04. The molecule has 0 saturated heterocycles. The maximum atomic E-state index is 4.88. The number of rotatable bonds is 4. The van der Waals surface area contributed by atoms with E-state index in [1.165, 1.54) is 15.6 Å². The maximum absolute atomic E-state index is 4.88. The van der Waals surface area contributed by atoms with Crippen LogP contribution in [-0.2, 0) is 5.41 Å². The normalized spacial score (nSPS) is 12.2. The molecule has 0 aliphatic rings. The van der Waals surface area contributed by atoms with Crippen molar-refractivity contribution in [2.45, 2.75) is 52.9 Å². The van der Waals surface area contributed by atoms with E-state index < -0.39 is 0 Å². The minimum absolute atomic E-state index is 0.0426. The molecule has 0 amide bonds. The summed E-state index contributed by atoms with van der Waals surface area (Å²) >= 11 is 3.45. The van der Waals surface area contributed by atoms with Crippen LogP contribution in [0.3, 0.4) is 0 Å². The Morgan fingerprint density at radius 1 is 1.25 bits per heavy atom. The van der Waals surface area contributed by atoms with E-state index in [4.69, 9.17) is 9.97 Å². The first-order chi connectivity index (χ1) is 9.32. The second kappa shape index (κ2) is 5.82. The highest BCUT2D eigenvalue weighted by Crippen LogP contribution is 2.40. The predicted molar refractivity (Wildman–Crippen MR) is 90.2 cm³/mol. The van der Waals surface area contributed by atoms with Crippen LogP contribution in [0.4, 0.5) is 5.13 Å². The number of hydrogen-bond acceptors (Lipinski definition) is 5. The van der Waals surface area contributed by atoms with Gasteiger partial charge in [0.05, 0.1) is 21.3 Å².